The highest BCUT2D eigenvalue weighted by molar-refractivity contribution is 5.80. The van der Waals surface area contributed by atoms with Gasteiger partial charge >= 0.3 is 0 Å². The Labute approximate surface area is 82.6 Å². The summed E-state index contributed by atoms with van der Waals surface area (Å²) in [5, 5.41) is 3.82. The van der Waals surface area contributed by atoms with Crippen LogP contribution in [0, 0.1) is 5.92 Å². The van der Waals surface area contributed by atoms with E-state index in [1.165, 1.54) is 16.9 Å². The van der Waals surface area contributed by atoms with Crippen molar-refractivity contribution < 1.29 is 4.79 Å². The molecule has 0 spiro atoms. The first-order valence-electron chi connectivity index (χ1n) is 4.70. The molecule has 0 saturated carbocycles. The van der Waals surface area contributed by atoms with Crippen molar-refractivity contribution in [3.05, 3.63) is 28.7 Å². The van der Waals surface area contributed by atoms with E-state index >= 15 is 0 Å². The van der Waals surface area contributed by atoms with Crippen molar-refractivity contribution in [3.8, 4) is 0 Å². The van der Waals surface area contributed by atoms with Crippen molar-refractivity contribution in [3.63, 3.8) is 0 Å². The van der Waals surface area contributed by atoms with Crippen molar-refractivity contribution in [2.45, 2.75) is 26.8 Å². The van der Waals surface area contributed by atoms with Crippen LogP contribution in [-0.2, 0) is 11.3 Å². The number of Topliss-reactive ketones (excluding diaryl/α,β-unsaturated/α-hetero) is 1. The molecule has 0 aliphatic heterocycles. The van der Waals surface area contributed by atoms with Gasteiger partial charge in [0, 0.05) is 18.2 Å². The predicted octanol–water partition coefficient (Wildman–Crippen LogP) is 0.858. The lowest BCUT2D eigenvalue weighted by Gasteiger charge is -2.07. The summed E-state index contributed by atoms with van der Waals surface area (Å²) in [6.45, 7) is 3.88. The van der Waals surface area contributed by atoms with Crippen molar-refractivity contribution in [2.75, 3.05) is 0 Å². The van der Waals surface area contributed by atoms with Crippen molar-refractivity contribution in [2.24, 2.45) is 5.92 Å². The normalized spacial score (nSPS) is 12.4. The summed E-state index contributed by atoms with van der Waals surface area (Å²) in [5.41, 5.74) is -0.232. The fourth-order valence-electron chi connectivity index (χ4n) is 1.04. The Balaban J connectivity index is 2.75. The van der Waals surface area contributed by atoms with Gasteiger partial charge in [-0.1, -0.05) is 13.8 Å². The van der Waals surface area contributed by atoms with Gasteiger partial charge in [0.15, 0.2) is 5.78 Å². The summed E-state index contributed by atoms with van der Waals surface area (Å²) in [5.74, 6) is 0.0391. The molecule has 0 amide bonds. The molecule has 0 aromatic carbocycles. The second kappa shape index (κ2) is 4.69. The van der Waals surface area contributed by atoms with E-state index in [2.05, 4.69) is 5.10 Å². The van der Waals surface area contributed by atoms with Crippen LogP contribution >= 0.6 is 0 Å². The molecule has 0 saturated heterocycles. The number of carbonyl (C=O) groups excluding carboxylic acids is 1. The molecule has 0 N–H and O–H groups in total. The van der Waals surface area contributed by atoms with Gasteiger partial charge < -0.3 is 0 Å². The molecule has 4 nitrogen and oxygen atoms in total. The van der Waals surface area contributed by atoms with E-state index in [1.807, 2.05) is 13.8 Å². The average Bonchev–Trinajstić information content (AvgIpc) is 2.20. The SMILES string of the molecule is CCC(C)C(=O)Cn1ncccc1=O. The minimum Gasteiger partial charge on any atom is -0.297 e. The van der Waals surface area contributed by atoms with Gasteiger partial charge in [-0.3, -0.25) is 9.59 Å². The van der Waals surface area contributed by atoms with Crippen LogP contribution < -0.4 is 5.56 Å². The quantitative estimate of drug-likeness (QED) is 0.714. The molecule has 1 atom stereocenters. The first-order valence-corrected chi connectivity index (χ1v) is 4.70. The van der Waals surface area contributed by atoms with Crippen LogP contribution in [0.25, 0.3) is 0 Å². The highest BCUT2D eigenvalue weighted by atomic mass is 16.1. The van der Waals surface area contributed by atoms with Crippen LogP contribution in [-0.4, -0.2) is 15.6 Å². The van der Waals surface area contributed by atoms with Crippen molar-refractivity contribution >= 4 is 5.78 Å². The molecule has 0 aliphatic carbocycles. The maximum absolute atomic E-state index is 11.5. The molecule has 0 radical (unpaired) electrons. The van der Waals surface area contributed by atoms with Crippen LogP contribution in [0.15, 0.2) is 23.1 Å². The van der Waals surface area contributed by atoms with Gasteiger partial charge in [-0.2, -0.15) is 5.10 Å². The number of nitrogens with zero attached hydrogens (tertiary/aromatic N) is 2. The molecule has 1 aromatic heterocycles. The van der Waals surface area contributed by atoms with E-state index in [1.54, 1.807) is 6.07 Å². The molecular formula is C10H14N2O2. The van der Waals surface area contributed by atoms with Gasteiger partial charge in [-0.15, -0.1) is 0 Å². The highest BCUT2D eigenvalue weighted by Gasteiger charge is 2.11. The van der Waals surface area contributed by atoms with Gasteiger partial charge in [0.2, 0.25) is 0 Å². The minimum absolute atomic E-state index is 0.0103. The maximum Gasteiger partial charge on any atom is 0.267 e. The van der Waals surface area contributed by atoms with Gasteiger partial charge in [0.1, 0.15) is 6.54 Å². The molecule has 76 valence electrons. The number of rotatable bonds is 4. The second-order valence-corrected chi connectivity index (χ2v) is 3.30. The van der Waals surface area contributed by atoms with Gasteiger partial charge in [-0.05, 0) is 12.5 Å². The standard InChI is InChI=1S/C10H14N2O2/c1-3-8(2)9(13)7-12-10(14)5-4-6-11-12/h4-6,8H,3,7H2,1-2H3. The van der Waals surface area contributed by atoms with Crippen LogP contribution in [0.3, 0.4) is 0 Å². The monoisotopic (exact) mass is 194 g/mol. The van der Waals surface area contributed by atoms with Crippen LogP contribution in [0.4, 0.5) is 0 Å². The van der Waals surface area contributed by atoms with E-state index in [0.717, 1.165) is 6.42 Å². The number of carbonyl (C=O) groups is 1. The average molecular weight is 194 g/mol. The molecule has 1 aromatic rings. The molecule has 0 fully saturated rings. The molecular weight excluding hydrogens is 180 g/mol. The molecule has 1 unspecified atom stereocenters. The third-order valence-electron chi connectivity index (χ3n) is 2.25. The van der Waals surface area contributed by atoms with Crippen molar-refractivity contribution in [1.82, 2.24) is 9.78 Å². The topological polar surface area (TPSA) is 52.0 Å². The van der Waals surface area contributed by atoms with Crippen LogP contribution in [0.2, 0.25) is 0 Å². The van der Waals surface area contributed by atoms with Gasteiger partial charge in [-0.25, -0.2) is 4.68 Å². The second-order valence-electron chi connectivity index (χ2n) is 3.30. The Bertz CT molecular complexity index is 370. The summed E-state index contributed by atoms with van der Waals surface area (Å²) >= 11 is 0. The third kappa shape index (κ3) is 2.52. The van der Waals surface area contributed by atoms with E-state index in [4.69, 9.17) is 0 Å². The Hall–Kier alpha value is -1.45. The first kappa shape index (κ1) is 10.6. The van der Waals surface area contributed by atoms with E-state index in [0.29, 0.717) is 0 Å². The maximum atomic E-state index is 11.5. The summed E-state index contributed by atoms with van der Waals surface area (Å²) in [6, 6.07) is 2.96. The summed E-state index contributed by atoms with van der Waals surface area (Å²) in [6.07, 6.45) is 2.30. The summed E-state index contributed by atoms with van der Waals surface area (Å²) < 4.78 is 1.19. The lowest BCUT2D eigenvalue weighted by molar-refractivity contribution is -0.123. The lowest BCUT2D eigenvalue weighted by atomic mass is 10.0. The van der Waals surface area contributed by atoms with Crippen LogP contribution in [0.5, 0.6) is 0 Å². The highest BCUT2D eigenvalue weighted by Crippen LogP contribution is 2.02. The zero-order valence-electron chi connectivity index (χ0n) is 8.43. The molecule has 1 rings (SSSR count). The molecule has 1 heterocycles. The summed E-state index contributed by atoms with van der Waals surface area (Å²) in [4.78, 5) is 22.7. The number of aromatic nitrogens is 2. The minimum atomic E-state index is -0.232. The van der Waals surface area contributed by atoms with E-state index < -0.39 is 0 Å². The Morgan fingerprint density at radius 1 is 1.64 bits per heavy atom. The van der Waals surface area contributed by atoms with Gasteiger partial charge in [0.05, 0.1) is 0 Å². The summed E-state index contributed by atoms with van der Waals surface area (Å²) in [7, 11) is 0. The smallest absolute Gasteiger partial charge is 0.267 e. The first-order chi connectivity index (χ1) is 6.65. The molecule has 14 heavy (non-hydrogen) atoms. The third-order valence-corrected chi connectivity index (χ3v) is 2.25. The fraction of sp³-hybridized carbons (Fsp3) is 0.500. The van der Waals surface area contributed by atoms with E-state index in [9.17, 15) is 9.59 Å². The van der Waals surface area contributed by atoms with E-state index in [-0.39, 0.29) is 23.8 Å². The number of ketones is 1. The molecule has 0 bridgehead atoms. The number of hydrogen-bond acceptors (Lipinski definition) is 3. The zero-order valence-corrected chi connectivity index (χ0v) is 8.43. The molecule has 0 aliphatic rings. The molecule has 4 heteroatoms. The largest absolute Gasteiger partial charge is 0.297 e. The number of hydrogen-bond donors (Lipinski definition) is 0. The Morgan fingerprint density at radius 2 is 2.36 bits per heavy atom. The van der Waals surface area contributed by atoms with Crippen LogP contribution in [0.1, 0.15) is 20.3 Å². The van der Waals surface area contributed by atoms with Gasteiger partial charge in [0.25, 0.3) is 5.56 Å². The predicted molar refractivity (Wildman–Crippen MR) is 53.0 cm³/mol. The zero-order chi connectivity index (χ0) is 10.6. The fourth-order valence-corrected chi connectivity index (χ4v) is 1.04. The Morgan fingerprint density at radius 3 is 2.93 bits per heavy atom. The van der Waals surface area contributed by atoms with Crippen molar-refractivity contribution in [1.29, 1.82) is 0 Å². The Kier molecular flexibility index (Phi) is 3.56. The lowest BCUT2D eigenvalue weighted by Crippen LogP contribution is -2.27.